The number of hydrogen-bond donors (Lipinski definition) is 2. The molecular weight excluding hydrogens is 395 g/mol. The fourth-order valence-electron chi connectivity index (χ4n) is 3.16. The van der Waals surface area contributed by atoms with E-state index in [2.05, 4.69) is 9.97 Å². The number of carbonyl (C=O) groups is 1. The highest BCUT2D eigenvalue weighted by Gasteiger charge is 2.15. The van der Waals surface area contributed by atoms with Crippen LogP contribution in [0, 0.1) is 5.82 Å². The number of fused-ring (bicyclic) bond motifs is 1. The monoisotopic (exact) mass is 410 g/mol. The van der Waals surface area contributed by atoms with Crippen molar-refractivity contribution in [1.29, 1.82) is 0 Å². The van der Waals surface area contributed by atoms with Crippen LogP contribution in [0.1, 0.15) is 10.4 Å². The lowest BCUT2D eigenvalue weighted by Crippen LogP contribution is -2.00. The lowest BCUT2D eigenvalue weighted by molar-refractivity contribution is 0.0692. The minimum atomic E-state index is -3.35. The van der Waals surface area contributed by atoms with Gasteiger partial charge in [-0.25, -0.2) is 22.6 Å². The summed E-state index contributed by atoms with van der Waals surface area (Å²) in [6.45, 7) is 0. The van der Waals surface area contributed by atoms with Gasteiger partial charge in [-0.15, -0.1) is 0 Å². The number of sulfone groups is 1. The molecule has 4 aromatic rings. The number of aromatic amines is 1. The van der Waals surface area contributed by atoms with E-state index in [1.807, 2.05) is 6.07 Å². The van der Waals surface area contributed by atoms with Gasteiger partial charge in [-0.05, 0) is 41.5 Å². The largest absolute Gasteiger partial charge is 0.478 e. The van der Waals surface area contributed by atoms with E-state index in [4.69, 9.17) is 5.11 Å². The first-order chi connectivity index (χ1) is 13.7. The summed E-state index contributed by atoms with van der Waals surface area (Å²) in [4.78, 5) is 18.6. The number of carboxylic acids is 1. The maximum atomic E-state index is 14.1. The first kappa shape index (κ1) is 18.8. The molecule has 0 aliphatic carbocycles. The van der Waals surface area contributed by atoms with Crippen molar-refractivity contribution in [3.8, 4) is 22.3 Å². The molecular formula is C21H15FN2O4S. The van der Waals surface area contributed by atoms with Gasteiger partial charge < -0.3 is 10.1 Å². The quantitative estimate of drug-likeness (QED) is 0.527. The zero-order valence-electron chi connectivity index (χ0n) is 15.2. The summed E-state index contributed by atoms with van der Waals surface area (Å²) in [5, 5.41) is 9.71. The Morgan fingerprint density at radius 1 is 1.07 bits per heavy atom. The van der Waals surface area contributed by atoms with Crippen molar-refractivity contribution in [2.24, 2.45) is 0 Å². The molecule has 2 aromatic heterocycles. The molecule has 2 aromatic carbocycles. The van der Waals surface area contributed by atoms with Crippen LogP contribution >= 0.6 is 0 Å². The van der Waals surface area contributed by atoms with Crippen molar-refractivity contribution in [3.05, 3.63) is 72.3 Å². The average Bonchev–Trinajstić information content (AvgIpc) is 3.10. The van der Waals surface area contributed by atoms with E-state index in [0.717, 1.165) is 6.26 Å². The maximum Gasteiger partial charge on any atom is 0.338 e. The molecule has 0 saturated carbocycles. The molecule has 0 saturated heterocycles. The molecule has 146 valence electrons. The van der Waals surface area contributed by atoms with Gasteiger partial charge in [0.1, 0.15) is 11.5 Å². The summed E-state index contributed by atoms with van der Waals surface area (Å²) in [6, 6.07) is 12.3. The van der Waals surface area contributed by atoms with E-state index in [-0.39, 0.29) is 4.90 Å². The van der Waals surface area contributed by atoms with Gasteiger partial charge in [0, 0.05) is 35.2 Å². The lowest BCUT2D eigenvalue weighted by atomic mass is 10.0. The molecule has 0 atom stereocenters. The molecule has 0 amide bonds. The standard InChI is InChI=1S/C21H15FN2O4S/c1-29(27,28)15-4-2-3-12(7-15)14-8-17-18(11-24-20(17)23-10-14)13-5-6-16(21(25)26)19(22)9-13/h2-11H,1H3,(H,23,24)(H,25,26). The molecule has 0 fully saturated rings. The van der Waals surface area contributed by atoms with Gasteiger partial charge in [-0.1, -0.05) is 18.2 Å². The van der Waals surface area contributed by atoms with Crippen molar-refractivity contribution >= 4 is 26.8 Å². The van der Waals surface area contributed by atoms with Gasteiger partial charge >= 0.3 is 5.97 Å². The lowest BCUT2D eigenvalue weighted by Gasteiger charge is -2.06. The number of pyridine rings is 1. The van der Waals surface area contributed by atoms with Crippen LogP contribution in [0.25, 0.3) is 33.3 Å². The van der Waals surface area contributed by atoms with E-state index in [0.29, 0.717) is 33.3 Å². The highest BCUT2D eigenvalue weighted by Crippen LogP contribution is 2.32. The number of nitrogens with one attached hydrogen (secondary N) is 1. The topological polar surface area (TPSA) is 100 Å². The number of H-pyrrole nitrogens is 1. The molecule has 0 aliphatic heterocycles. The molecule has 6 nitrogen and oxygen atoms in total. The van der Waals surface area contributed by atoms with Crippen molar-refractivity contribution < 1.29 is 22.7 Å². The third kappa shape index (κ3) is 3.50. The van der Waals surface area contributed by atoms with Gasteiger partial charge in [0.2, 0.25) is 0 Å². The molecule has 0 spiro atoms. The molecule has 8 heteroatoms. The SMILES string of the molecule is CS(=O)(=O)c1cccc(-c2cnc3[nH]cc(-c4ccc(C(=O)O)c(F)c4)c3c2)c1. The van der Waals surface area contributed by atoms with Crippen LogP contribution < -0.4 is 0 Å². The Labute approximate surface area is 165 Å². The van der Waals surface area contributed by atoms with Gasteiger partial charge in [0.15, 0.2) is 9.84 Å². The predicted octanol–water partition coefficient (Wildman–Crippen LogP) is 4.14. The van der Waals surface area contributed by atoms with Gasteiger partial charge in [0.25, 0.3) is 0 Å². The molecule has 2 heterocycles. The Kier molecular flexibility index (Phi) is 4.43. The van der Waals surface area contributed by atoms with Crippen LogP contribution in [0.3, 0.4) is 0 Å². The zero-order valence-corrected chi connectivity index (χ0v) is 16.0. The second kappa shape index (κ2) is 6.82. The third-order valence-corrected chi connectivity index (χ3v) is 5.75. The first-order valence-corrected chi connectivity index (χ1v) is 10.4. The Balaban J connectivity index is 1.84. The van der Waals surface area contributed by atoms with Crippen molar-refractivity contribution in [2.45, 2.75) is 4.90 Å². The molecule has 0 bridgehead atoms. The Bertz CT molecular complexity index is 1380. The summed E-state index contributed by atoms with van der Waals surface area (Å²) < 4.78 is 37.8. The summed E-state index contributed by atoms with van der Waals surface area (Å²) in [5.74, 6) is -2.16. The normalized spacial score (nSPS) is 11.7. The highest BCUT2D eigenvalue weighted by molar-refractivity contribution is 7.90. The van der Waals surface area contributed by atoms with Crippen molar-refractivity contribution in [2.75, 3.05) is 6.26 Å². The van der Waals surface area contributed by atoms with Crippen LogP contribution in [0.4, 0.5) is 4.39 Å². The molecule has 0 unspecified atom stereocenters. The minimum Gasteiger partial charge on any atom is -0.478 e. The summed E-state index contributed by atoms with van der Waals surface area (Å²) in [7, 11) is -3.35. The zero-order chi connectivity index (χ0) is 20.8. The number of hydrogen-bond acceptors (Lipinski definition) is 4. The predicted molar refractivity (Wildman–Crippen MR) is 107 cm³/mol. The summed E-state index contributed by atoms with van der Waals surface area (Å²) in [5.41, 5.74) is 2.72. The fraction of sp³-hybridized carbons (Fsp3) is 0.0476. The van der Waals surface area contributed by atoms with Gasteiger partial charge in [0.05, 0.1) is 10.5 Å². The number of carboxylic acid groups (broad SMARTS) is 1. The smallest absolute Gasteiger partial charge is 0.338 e. The number of aromatic nitrogens is 2. The minimum absolute atomic E-state index is 0.204. The van der Waals surface area contributed by atoms with E-state index in [9.17, 15) is 17.6 Å². The number of nitrogens with zero attached hydrogens (tertiary/aromatic N) is 1. The van der Waals surface area contributed by atoms with E-state index < -0.39 is 27.2 Å². The average molecular weight is 410 g/mol. The molecule has 2 N–H and O–H groups in total. The number of benzene rings is 2. The Hall–Kier alpha value is -3.52. The fourth-order valence-corrected chi connectivity index (χ4v) is 3.83. The summed E-state index contributed by atoms with van der Waals surface area (Å²) in [6.07, 6.45) is 4.44. The van der Waals surface area contributed by atoms with Crippen LogP contribution in [-0.4, -0.2) is 35.7 Å². The van der Waals surface area contributed by atoms with Gasteiger partial charge in [-0.2, -0.15) is 0 Å². The number of halogens is 1. The van der Waals surface area contributed by atoms with Crippen LogP contribution in [0.5, 0.6) is 0 Å². The van der Waals surface area contributed by atoms with Crippen LogP contribution in [0.2, 0.25) is 0 Å². The first-order valence-electron chi connectivity index (χ1n) is 8.55. The maximum absolute atomic E-state index is 14.1. The van der Waals surface area contributed by atoms with Gasteiger partial charge in [-0.3, -0.25) is 0 Å². The van der Waals surface area contributed by atoms with E-state index in [1.165, 1.54) is 24.3 Å². The van der Waals surface area contributed by atoms with Crippen molar-refractivity contribution in [1.82, 2.24) is 9.97 Å². The molecule has 0 radical (unpaired) electrons. The molecule has 29 heavy (non-hydrogen) atoms. The van der Waals surface area contributed by atoms with E-state index in [1.54, 1.807) is 30.6 Å². The highest BCUT2D eigenvalue weighted by atomic mass is 32.2. The van der Waals surface area contributed by atoms with E-state index >= 15 is 0 Å². The number of aromatic carboxylic acids is 1. The second-order valence-corrected chi connectivity index (χ2v) is 8.64. The number of rotatable bonds is 4. The second-order valence-electron chi connectivity index (χ2n) is 6.62. The Morgan fingerprint density at radius 3 is 2.55 bits per heavy atom. The van der Waals surface area contributed by atoms with Crippen molar-refractivity contribution in [3.63, 3.8) is 0 Å². The summed E-state index contributed by atoms with van der Waals surface area (Å²) >= 11 is 0. The molecule has 4 rings (SSSR count). The van der Waals surface area contributed by atoms with Crippen LogP contribution in [-0.2, 0) is 9.84 Å². The van der Waals surface area contributed by atoms with Crippen LogP contribution in [0.15, 0.2) is 65.8 Å². The molecule has 0 aliphatic rings. The Morgan fingerprint density at radius 2 is 1.86 bits per heavy atom. The third-order valence-electron chi connectivity index (χ3n) is 4.64.